The first-order valence-corrected chi connectivity index (χ1v) is 5.85. The molecule has 0 saturated carbocycles. The molecule has 1 unspecified atom stereocenters. The number of hydrogen-bond acceptors (Lipinski definition) is 3. The summed E-state index contributed by atoms with van der Waals surface area (Å²) in [6.07, 6.45) is 0. The minimum Gasteiger partial charge on any atom is -0.482 e. The minimum absolute atomic E-state index is 0.0407. The number of anilines is 1. The van der Waals surface area contributed by atoms with Crippen LogP contribution in [0.5, 0.6) is 5.75 Å². The molecule has 0 fully saturated rings. The molecule has 0 aromatic heterocycles. The molecule has 1 aromatic carbocycles. The molecule has 80 valence electrons. The van der Waals surface area contributed by atoms with Gasteiger partial charge < -0.3 is 14.6 Å². The molecular formula is C8H6BrNO4S. The van der Waals surface area contributed by atoms with Gasteiger partial charge in [-0.15, -0.1) is 0 Å². The van der Waals surface area contributed by atoms with Crippen molar-refractivity contribution in [3.05, 3.63) is 16.6 Å². The molecule has 1 aromatic rings. The predicted octanol–water partition coefficient (Wildman–Crippen LogP) is 1.36. The second-order valence-corrected chi connectivity index (χ2v) is 4.66. The number of halogens is 1. The van der Waals surface area contributed by atoms with Gasteiger partial charge in [-0.2, -0.15) is 0 Å². The van der Waals surface area contributed by atoms with Crippen LogP contribution in [0.1, 0.15) is 0 Å². The molecule has 0 radical (unpaired) electrons. The molecule has 1 amide bonds. The first kappa shape index (κ1) is 10.6. The number of rotatable bonds is 1. The summed E-state index contributed by atoms with van der Waals surface area (Å²) in [4.78, 5) is 11.2. The number of carbonyl (C=O) groups is 1. The van der Waals surface area contributed by atoms with E-state index in [4.69, 9.17) is 9.29 Å². The van der Waals surface area contributed by atoms with E-state index < -0.39 is 11.1 Å². The zero-order valence-corrected chi connectivity index (χ0v) is 9.72. The lowest BCUT2D eigenvalue weighted by molar-refractivity contribution is -0.118. The number of carbonyl (C=O) groups excluding carboxylic acids is 1. The number of amides is 1. The summed E-state index contributed by atoms with van der Waals surface area (Å²) in [6, 6.07) is 2.96. The second-order valence-electron chi connectivity index (χ2n) is 2.86. The SMILES string of the molecule is O=C1COc2cc(Br)c(S(=O)O)cc2N1. The van der Waals surface area contributed by atoms with Gasteiger partial charge in [0.2, 0.25) is 0 Å². The molecule has 2 rings (SSSR count). The van der Waals surface area contributed by atoms with Gasteiger partial charge in [0.05, 0.1) is 10.6 Å². The fourth-order valence-electron chi connectivity index (χ4n) is 1.22. The Morgan fingerprint density at radius 3 is 2.93 bits per heavy atom. The monoisotopic (exact) mass is 291 g/mol. The van der Waals surface area contributed by atoms with Crippen molar-refractivity contribution >= 4 is 38.6 Å². The number of nitrogens with one attached hydrogen (secondary N) is 1. The van der Waals surface area contributed by atoms with Crippen molar-refractivity contribution in [2.45, 2.75) is 4.90 Å². The Kier molecular flexibility index (Phi) is 2.76. The molecule has 1 aliphatic heterocycles. The van der Waals surface area contributed by atoms with Crippen LogP contribution in [0.3, 0.4) is 0 Å². The Morgan fingerprint density at radius 1 is 1.53 bits per heavy atom. The summed E-state index contributed by atoms with van der Waals surface area (Å²) < 4.78 is 25.5. The van der Waals surface area contributed by atoms with Crippen LogP contribution < -0.4 is 10.1 Å². The lowest BCUT2D eigenvalue weighted by atomic mass is 10.2. The lowest BCUT2D eigenvalue weighted by Gasteiger charge is -2.18. The summed E-state index contributed by atoms with van der Waals surface area (Å²) in [5.74, 6) is 0.204. The van der Waals surface area contributed by atoms with Crippen LogP contribution in [0.2, 0.25) is 0 Å². The van der Waals surface area contributed by atoms with E-state index in [1.165, 1.54) is 6.07 Å². The van der Waals surface area contributed by atoms with Crippen LogP contribution >= 0.6 is 15.9 Å². The van der Waals surface area contributed by atoms with E-state index >= 15 is 0 Å². The average Bonchev–Trinajstić information content (AvgIpc) is 2.17. The van der Waals surface area contributed by atoms with E-state index in [9.17, 15) is 9.00 Å². The van der Waals surface area contributed by atoms with Crippen LogP contribution in [0.4, 0.5) is 5.69 Å². The van der Waals surface area contributed by atoms with E-state index in [2.05, 4.69) is 21.2 Å². The maximum Gasteiger partial charge on any atom is 0.262 e. The van der Waals surface area contributed by atoms with Crippen molar-refractivity contribution < 1.29 is 18.3 Å². The van der Waals surface area contributed by atoms with Crippen molar-refractivity contribution in [2.24, 2.45) is 0 Å². The van der Waals surface area contributed by atoms with Gasteiger partial charge in [0.25, 0.3) is 5.91 Å². The smallest absolute Gasteiger partial charge is 0.262 e. The molecule has 15 heavy (non-hydrogen) atoms. The number of fused-ring (bicyclic) bond motifs is 1. The molecule has 1 atom stereocenters. The highest BCUT2D eigenvalue weighted by atomic mass is 79.9. The summed E-state index contributed by atoms with van der Waals surface area (Å²) >= 11 is 1.04. The molecule has 1 aliphatic rings. The second kappa shape index (κ2) is 3.92. The molecule has 7 heteroatoms. The van der Waals surface area contributed by atoms with Crippen LogP contribution in [-0.2, 0) is 15.9 Å². The van der Waals surface area contributed by atoms with Gasteiger partial charge in [-0.25, -0.2) is 4.21 Å². The Morgan fingerprint density at radius 2 is 2.27 bits per heavy atom. The summed E-state index contributed by atoms with van der Waals surface area (Å²) in [5.41, 5.74) is 0.409. The van der Waals surface area contributed by atoms with Crippen molar-refractivity contribution in [3.8, 4) is 5.75 Å². The third-order valence-corrected chi connectivity index (χ3v) is 3.49. The van der Waals surface area contributed by atoms with E-state index in [-0.39, 0.29) is 17.4 Å². The van der Waals surface area contributed by atoms with Gasteiger partial charge in [-0.05, 0) is 28.1 Å². The first-order valence-electron chi connectivity index (χ1n) is 3.95. The van der Waals surface area contributed by atoms with Gasteiger partial charge in [0.1, 0.15) is 5.75 Å². The Labute approximate surface area is 96.2 Å². The highest BCUT2D eigenvalue weighted by molar-refractivity contribution is 9.10. The van der Waals surface area contributed by atoms with Crippen molar-refractivity contribution in [3.63, 3.8) is 0 Å². The third kappa shape index (κ3) is 2.04. The first-order chi connectivity index (χ1) is 7.08. The van der Waals surface area contributed by atoms with E-state index in [0.717, 1.165) is 0 Å². The van der Waals surface area contributed by atoms with Gasteiger partial charge in [0, 0.05) is 4.47 Å². The van der Waals surface area contributed by atoms with Gasteiger partial charge in [-0.1, -0.05) is 0 Å². The topological polar surface area (TPSA) is 75.6 Å². The molecule has 0 saturated heterocycles. The summed E-state index contributed by atoms with van der Waals surface area (Å²) in [6.45, 7) is -0.0407. The number of benzene rings is 1. The van der Waals surface area contributed by atoms with E-state index in [1.807, 2.05) is 0 Å². The minimum atomic E-state index is -2.10. The van der Waals surface area contributed by atoms with Crippen molar-refractivity contribution in [2.75, 3.05) is 11.9 Å². The van der Waals surface area contributed by atoms with Gasteiger partial charge >= 0.3 is 0 Å². The summed E-state index contributed by atoms with van der Waals surface area (Å²) in [5, 5.41) is 2.55. The Hall–Kier alpha value is -0.920. The molecule has 1 heterocycles. The van der Waals surface area contributed by atoms with E-state index in [0.29, 0.717) is 15.9 Å². The van der Waals surface area contributed by atoms with Gasteiger partial charge in [-0.3, -0.25) is 4.79 Å². The zero-order chi connectivity index (χ0) is 11.0. The molecule has 0 bridgehead atoms. The van der Waals surface area contributed by atoms with Crippen LogP contribution in [-0.4, -0.2) is 21.3 Å². The molecule has 5 nitrogen and oxygen atoms in total. The maximum atomic E-state index is 11.0. The fraction of sp³-hybridized carbons (Fsp3) is 0.125. The Bertz CT molecular complexity index is 462. The molecule has 0 aliphatic carbocycles. The zero-order valence-electron chi connectivity index (χ0n) is 7.32. The number of hydrogen-bond donors (Lipinski definition) is 2. The molecular weight excluding hydrogens is 286 g/mol. The van der Waals surface area contributed by atoms with Crippen LogP contribution in [0.15, 0.2) is 21.5 Å². The van der Waals surface area contributed by atoms with Gasteiger partial charge in [0.15, 0.2) is 17.7 Å². The Balaban J connectivity index is 2.51. The number of ether oxygens (including phenoxy) is 1. The normalized spacial score (nSPS) is 16.3. The standard InChI is InChI=1S/C8H6BrNO4S/c9-4-1-6-5(2-7(4)15(12)13)10-8(11)3-14-6/h1-2H,3H2,(H,10,11)(H,12,13). The van der Waals surface area contributed by atoms with Crippen molar-refractivity contribution in [1.82, 2.24) is 0 Å². The molecule has 2 N–H and O–H groups in total. The maximum absolute atomic E-state index is 11.0. The van der Waals surface area contributed by atoms with E-state index in [1.54, 1.807) is 6.07 Å². The molecule has 0 spiro atoms. The van der Waals surface area contributed by atoms with Crippen LogP contribution in [0, 0.1) is 0 Å². The summed E-state index contributed by atoms with van der Waals surface area (Å²) in [7, 11) is 0. The highest BCUT2D eigenvalue weighted by Crippen LogP contribution is 2.34. The third-order valence-electron chi connectivity index (χ3n) is 1.86. The fourth-order valence-corrected chi connectivity index (χ4v) is 2.40. The average molecular weight is 292 g/mol. The quantitative estimate of drug-likeness (QED) is 0.766. The highest BCUT2D eigenvalue weighted by Gasteiger charge is 2.19. The lowest BCUT2D eigenvalue weighted by Crippen LogP contribution is -2.25. The predicted molar refractivity (Wildman–Crippen MR) is 57.3 cm³/mol. The van der Waals surface area contributed by atoms with Crippen LogP contribution in [0.25, 0.3) is 0 Å². The van der Waals surface area contributed by atoms with Crippen molar-refractivity contribution in [1.29, 1.82) is 0 Å². The largest absolute Gasteiger partial charge is 0.482 e.